The van der Waals surface area contributed by atoms with E-state index in [4.69, 9.17) is 17.6 Å². The van der Waals surface area contributed by atoms with Crippen molar-refractivity contribution >= 4 is 17.9 Å². The summed E-state index contributed by atoms with van der Waals surface area (Å²) in [5, 5.41) is 27.2. The van der Waals surface area contributed by atoms with Gasteiger partial charge in [0.25, 0.3) is 5.91 Å². The first-order valence-electron chi connectivity index (χ1n) is 15.5. The van der Waals surface area contributed by atoms with E-state index in [0.717, 1.165) is 37.7 Å². The van der Waals surface area contributed by atoms with E-state index in [-0.39, 0.29) is 31.6 Å². The summed E-state index contributed by atoms with van der Waals surface area (Å²) in [5.41, 5.74) is 0.769. The van der Waals surface area contributed by atoms with Crippen molar-refractivity contribution in [2.45, 2.75) is 94.6 Å². The van der Waals surface area contributed by atoms with Gasteiger partial charge < -0.3 is 35.4 Å². The SMILES string of the molecule is C#CCCC(O)C(O)C(CC1CCCCC1)NC(=O)C(CC#C)NC(=O)C(Cc1ccccc1)OC(=O)N(C)CCN(C)C. The van der Waals surface area contributed by atoms with Crippen LogP contribution in [0.25, 0.3) is 0 Å². The fourth-order valence-electron chi connectivity index (χ4n) is 5.28. The summed E-state index contributed by atoms with van der Waals surface area (Å²) < 4.78 is 5.64. The van der Waals surface area contributed by atoms with Crippen LogP contribution in [-0.2, 0) is 20.7 Å². The third-order valence-electron chi connectivity index (χ3n) is 7.98. The minimum absolute atomic E-state index is 0.0920. The molecule has 0 aliphatic heterocycles. The molecule has 1 aromatic carbocycles. The first kappa shape index (κ1) is 36.6. The summed E-state index contributed by atoms with van der Waals surface area (Å²) in [4.78, 5) is 43.3. The van der Waals surface area contributed by atoms with Crippen molar-refractivity contribution in [3.8, 4) is 24.7 Å². The van der Waals surface area contributed by atoms with Gasteiger partial charge >= 0.3 is 6.09 Å². The fraction of sp³-hybridized carbons (Fsp3) is 0.618. The Kier molecular flexibility index (Phi) is 16.4. The van der Waals surface area contributed by atoms with Crippen LogP contribution in [0.5, 0.6) is 0 Å². The maximum absolute atomic E-state index is 13.6. The molecule has 3 amide bonds. The molecule has 1 aliphatic rings. The minimum Gasteiger partial charge on any atom is -0.436 e. The molecule has 1 saturated carbocycles. The molecule has 10 heteroatoms. The number of ether oxygens (including phenoxy) is 1. The van der Waals surface area contributed by atoms with Crippen LogP contribution in [0.4, 0.5) is 4.79 Å². The van der Waals surface area contributed by atoms with Crippen molar-refractivity contribution < 1.29 is 29.3 Å². The molecule has 0 saturated heterocycles. The number of nitrogens with one attached hydrogen (secondary N) is 2. The molecule has 242 valence electrons. The summed E-state index contributed by atoms with van der Waals surface area (Å²) in [6.07, 6.45) is 12.8. The van der Waals surface area contributed by atoms with E-state index in [1.54, 1.807) is 7.05 Å². The maximum atomic E-state index is 13.6. The van der Waals surface area contributed by atoms with E-state index in [0.29, 0.717) is 19.5 Å². The fourth-order valence-corrected chi connectivity index (χ4v) is 5.28. The molecule has 0 spiro atoms. The number of carbonyl (C=O) groups excluding carboxylic acids is 3. The normalized spacial score (nSPS) is 16.8. The topological polar surface area (TPSA) is 131 Å². The van der Waals surface area contributed by atoms with Crippen molar-refractivity contribution in [2.24, 2.45) is 5.92 Å². The number of aliphatic hydroxyl groups is 2. The highest BCUT2D eigenvalue weighted by molar-refractivity contribution is 5.90. The first-order valence-corrected chi connectivity index (χ1v) is 15.5. The van der Waals surface area contributed by atoms with Gasteiger partial charge in [0.1, 0.15) is 12.1 Å². The Morgan fingerprint density at radius 3 is 2.27 bits per heavy atom. The number of terminal acetylenes is 2. The molecule has 1 aliphatic carbocycles. The second-order valence-electron chi connectivity index (χ2n) is 11.9. The lowest BCUT2D eigenvalue weighted by atomic mass is 9.82. The zero-order chi connectivity index (χ0) is 32.5. The number of rotatable bonds is 17. The van der Waals surface area contributed by atoms with E-state index in [9.17, 15) is 24.6 Å². The lowest BCUT2D eigenvalue weighted by molar-refractivity contribution is -0.135. The molecule has 1 aromatic rings. The average molecular weight is 611 g/mol. The molecule has 0 radical (unpaired) electrons. The molecule has 5 atom stereocenters. The van der Waals surface area contributed by atoms with Crippen LogP contribution in [0.3, 0.4) is 0 Å². The van der Waals surface area contributed by atoms with Gasteiger partial charge in [0.05, 0.1) is 12.1 Å². The molecule has 10 nitrogen and oxygen atoms in total. The van der Waals surface area contributed by atoms with Gasteiger partial charge in [-0.2, -0.15) is 0 Å². The van der Waals surface area contributed by atoms with Crippen molar-refractivity contribution in [1.82, 2.24) is 20.4 Å². The molecule has 2 rings (SSSR count). The highest BCUT2D eigenvalue weighted by atomic mass is 16.6. The van der Waals surface area contributed by atoms with Crippen LogP contribution < -0.4 is 10.6 Å². The predicted octanol–water partition coefficient (Wildman–Crippen LogP) is 2.33. The highest BCUT2D eigenvalue weighted by Crippen LogP contribution is 2.28. The zero-order valence-electron chi connectivity index (χ0n) is 26.4. The van der Waals surface area contributed by atoms with E-state index >= 15 is 0 Å². The van der Waals surface area contributed by atoms with Crippen molar-refractivity contribution in [3.63, 3.8) is 0 Å². The Balaban J connectivity index is 2.21. The Labute approximate surface area is 262 Å². The van der Waals surface area contributed by atoms with E-state index in [2.05, 4.69) is 22.5 Å². The van der Waals surface area contributed by atoms with Crippen molar-refractivity contribution in [1.29, 1.82) is 0 Å². The largest absolute Gasteiger partial charge is 0.436 e. The monoisotopic (exact) mass is 610 g/mol. The number of likely N-dealkylation sites (N-methyl/N-ethyl adjacent to an activating group) is 2. The van der Waals surface area contributed by atoms with Crippen molar-refractivity contribution in [3.05, 3.63) is 35.9 Å². The number of aliphatic hydroxyl groups excluding tert-OH is 2. The maximum Gasteiger partial charge on any atom is 0.410 e. The van der Waals surface area contributed by atoms with E-state index in [1.165, 1.54) is 4.90 Å². The van der Waals surface area contributed by atoms with Gasteiger partial charge in [-0.1, -0.05) is 62.4 Å². The zero-order valence-corrected chi connectivity index (χ0v) is 26.4. The van der Waals surface area contributed by atoms with Crippen LogP contribution in [0.2, 0.25) is 0 Å². The quantitative estimate of drug-likeness (QED) is 0.199. The number of hydrogen-bond acceptors (Lipinski definition) is 7. The third kappa shape index (κ3) is 13.0. The van der Waals surface area contributed by atoms with Crippen LogP contribution in [0, 0.1) is 30.6 Å². The summed E-state index contributed by atoms with van der Waals surface area (Å²) in [7, 11) is 5.37. The molecule has 5 unspecified atom stereocenters. The Bertz CT molecular complexity index is 1110. The molecule has 1 fully saturated rings. The second-order valence-corrected chi connectivity index (χ2v) is 11.9. The van der Waals surface area contributed by atoms with Crippen molar-refractivity contribution in [2.75, 3.05) is 34.2 Å². The summed E-state index contributed by atoms with van der Waals surface area (Å²) in [5.74, 6) is 3.92. The number of carbonyl (C=O) groups is 3. The molecule has 0 aromatic heterocycles. The summed E-state index contributed by atoms with van der Waals surface area (Å²) in [6.45, 7) is 1.00. The molecule has 4 N–H and O–H groups in total. The van der Waals surface area contributed by atoms with Crippen LogP contribution in [0.1, 0.15) is 63.4 Å². The number of nitrogens with zero attached hydrogens (tertiary/aromatic N) is 2. The van der Waals surface area contributed by atoms with Crippen LogP contribution in [-0.4, -0.2) is 103 Å². The Morgan fingerprint density at radius 1 is 0.977 bits per heavy atom. The third-order valence-corrected chi connectivity index (χ3v) is 7.98. The molecule has 0 heterocycles. The highest BCUT2D eigenvalue weighted by Gasteiger charge is 2.34. The lowest BCUT2D eigenvalue weighted by Crippen LogP contribution is -2.56. The van der Waals surface area contributed by atoms with Gasteiger partial charge in [-0.15, -0.1) is 24.7 Å². The molecule has 44 heavy (non-hydrogen) atoms. The van der Waals surface area contributed by atoms with Gasteiger partial charge in [0.15, 0.2) is 6.10 Å². The second kappa shape index (κ2) is 19.7. The predicted molar refractivity (Wildman–Crippen MR) is 170 cm³/mol. The summed E-state index contributed by atoms with van der Waals surface area (Å²) >= 11 is 0. The summed E-state index contributed by atoms with van der Waals surface area (Å²) in [6, 6.07) is 7.20. The van der Waals surface area contributed by atoms with Gasteiger partial charge in [0.2, 0.25) is 5.91 Å². The molecule has 0 bridgehead atoms. The van der Waals surface area contributed by atoms with Gasteiger partial charge in [-0.3, -0.25) is 9.59 Å². The first-order chi connectivity index (χ1) is 21.0. The van der Waals surface area contributed by atoms with Gasteiger partial charge in [-0.05, 0) is 38.4 Å². The standard InChI is InChI=1S/C34H50N4O6/c1-6-8-20-29(39)31(40)28(23-25-16-11-9-12-17-25)36-32(41)27(15-7-2)35-33(42)30(24-26-18-13-10-14-19-26)44-34(43)38(5)22-21-37(3)4/h1-2,10,13-14,18-19,25,27-31,39-40H,8-9,11-12,15-17,20-24H2,3-5H3,(H,35,42)(H,36,41). The number of benzene rings is 1. The van der Waals surface area contributed by atoms with E-state index < -0.39 is 48.3 Å². The van der Waals surface area contributed by atoms with Gasteiger partial charge in [0, 0.05) is 39.4 Å². The minimum atomic E-state index is -1.25. The average Bonchev–Trinajstić information content (AvgIpc) is 3.01. The van der Waals surface area contributed by atoms with E-state index in [1.807, 2.05) is 49.3 Å². The van der Waals surface area contributed by atoms with Gasteiger partial charge in [-0.25, -0.2) is 4.79 Å². The smallest absolute Gasteiger partial charge is 0.410 e. The lowest BCUT2D eigenvalue weighted by Gasteiger charge is -2.33. The van der Waals surface area contributed by atoms with Crippen LogP contribution in [0.15, 0.2) is 30.3 Å². The Hall–Kier alpha value is -3.57. The molecular formula is C34H50N4O6. The molecular weight excluding hydrogens is 560 g/mol. The number of hydrogen-bond donors (Lipinski definition) is 4. The number of amides is 3. The van der Waals surface area contributed by atoms with Crippen LogP contribution >= 0.6 is 0 Å². The Morgan fingerprint density at radius 2 is 1.66 bits per heavy atom.